The number of carbonyl (C=O) groups excluding carboxylic acids is 1. The van der Waals surface area contributed by atoms with Crippen molar-refractivity contribution in [3.05, 3.63) is 26.9 Å². The van der Waals surface area contributed by atoms with Crippen LogP contribution in [0, 0.1) is 10.1 Å². The maximum atomic E-state index is 11.4. The molecule has 7 nitrogen and oxygen atoms in total. The highest BCUT2D eigenvalue weighted by Crippen LogP contribution is 2.24. The highest BCUT2D eigenvalue weighted by atomic mass is 79.9. The van der Waals surface area contributed by atoms with Crippen LogP contribution < -0.4 is 10.6 Å². The Kier molecular flexibility index (Phi) is 3.75. The van der Waals surface area contributed by atoms with E-state index in [0.717, 1.165) is 19.0 Å². The number of nitro groups is 1. The molecule has 0 aliphatic heterocycles. The Labute approximate surface area is 111 Å². The largest absolute Gasteiger partial charge is 0.360 e. The molecule has 1 saturated carbocycles. The Morgan fingerprint density at radius 2 is 2.33 bits per heavy atom. The second-order valence-electron chi connectivity index (χ2n) is 3.98. The molecule has 0 spiro atoms. The molecule has 0 bridgehead atoms. The lowest BCUT2D eigenvalue weighted by atomic mass is 10.4. The zero-order valence-corrected chi connectivity index (χ0v) is 10.9. The van der Waals surface area contributed by atoms with Crippen LogP contribution in [0.2, 0.25) is 0 Å². The highest BCUT2D eigenvalue weighted by molar-refractivity contribution is 9.10. The third-order valence-corrected chi connectivity index (χ3v) is 3.00. The topological polar surface area (TPSA) is 97.2 Å². The van der Waals surface area contributed by atoms with Gasteiger partial charge in [0.25, 0.3) is 5.69 Å². The van der Waals surface area contributed by atoms with Gasteiger partial charge < -0.3 is 10.6 Å². The summed E-state index contributed by atoms with van der Waals surface area (Å²) in [4.78, 5) is 25.3. The number of nitrogens with one attached hydrogen (secondary N) is 2. The number of hydrogen-bond donors (Lipinski definition) is 2. The van der Waals surface area contributed by atoms with Crippen molar-refractivity contribution < 1.29 is 9.72 Å². The third-order valence-electron chi connectivity index (χ3n) is 2.40. The molecule has 1 heterocycles. The van der Waals surface area contributed by atoms with E-state index in [4.69, 9.17) is 0 Å². The van der Waals surface area contributed by atoms with Gasteiger partial charge >= 0.3 is 0 Å². The molecule has 1 aromatic heterocycles. The predicted molar refractivity (Wildman–Crippen MR) is 68.2 cm³/mol. The van der Waals surface area contributed by atoms with Gasteiger partial charge in [-0.3, -0.25) is 14.9 Å². The van der Waals surface area contributed by atoms with Crippen LogP contribution in [-0.2, 0) is 4.79 Å². The van der Waals surface area contributed by atoms with Crippen LogP contribution in [-0.4, -0.2) is 28.4 Å². The number of amides is 1. The van der Waals surface area contributed by atoms with Crippen LogP contribution in [0.25, 0.3) is 0 Å². The molecule has 18 heavy (non-hydrogen) atoms. The molecular weight excluding hydrogens is 304 g/mol. The van der Waals surface area contributed by atoms with Gasteiger partial charge in [-0.25, -0.2) is 4.98 Å². The lowest BCUT2D eigenvalue weighted by Crippen LogP contribution is -2.31. The average molecular weight is 315 g/mol. The third kappa shape index (κ3) is 3.39. The molecular formula is C10H11BrN4O3. The predicted octanol–water partition coefficient (Wildman–Crippen LogP) is 1.44. The van der Waals surface area contributed by atoms with E-state index in [9.17, 15) is 14.9 Å². The molecule has 0 radical (unpaired) electrons. The van der Waals surface area contributed by atoms with Crippen molar-refractivity contribution in [1.82, 2.24) is 10.3 Å². The number of anilines is 1. The maximum Gasteiger partial charge on any atom is 0.288 e. The lowest BCUT2D eigenvalue weighted by molar-refractivity contribution is -0.385. The summed E-state index contributed by atoms with van der Waals surface area (Å²) >= 11 is 3.17. The van der Waals surface area contributed by atoms with Crippen LogP contribution in [0.15, 0.2) is 16.7 Å². The smallest absolute Gasteiger partial charge is 0.288 e. The van der Waals surface area contributed by atoms with E-state index in [0.29, 0.717) is 16.3 Å². The first-order chi connectivity index (χ1) is 8.56. The van der Waals surface area contributed by atoms with Crippen molar-refractivity contribution in [3.8, 4) is 0 Å². The van der Waals surface area contributed by atoms with Gasteiger partial charge in [-0.1, -0.05) is 0 Å². The van der Waals surface area contributed by atoms with Crippen LogP contribution in [0.1, 0.15) is 12.8 Å². The van der Waals surface area contributed by atoms with Crippen molar-refractivity contribution in [1.29, 1.82) is 0 Å². The van der Waals surface area contributed by atoms with Gasteiger partial charge in [-0.05, 0) is 28.8 Å². The number of hydrogen-bond acceptors (Lipinski definition) is 5. The number of halogens is 1. The van der Waals surface area contributed by atoms with Crippen LogP contribution in [0.3, 0.4) is 0 Å². The fourth-order valence-electron chi connectivity index (χ4n) is 1.33. The molecule has 2 rings (SSSR count). The summed E-state index contributed by atoms with van der Waals surface area (Å²) < 4.78 is 0.455. The molecule has 0 atom stereocenters. The quantitative estimate of drug-likeness (QED) is 0.633. The van der Waals surface area contributed by atoms with Crippen molar-refractivity contribution >= 4 is 33.3 Å². The molecule has 1 aliphatic carbocycles. The number of rotatable bonds is 5. The van der Waals surface area contributed by atoms with Crippen molar-refractivity contribution in [2.75, 3.05) is 11.9 Å². The number of aromatic nitrogens is 1. The van der Waals surface area contributed by atoms with Gasteiger partial charge in [0.05, 0.1) is 15.9 Å². The molecule has 96 valence electrons. The number of nitrogens with zero attached hydrogens (tertiary/aromatic N) is 2. The number of pyridine rings is 1. The van der Waals surface area contributed by atoms with Gasteiger partial charge in [0.1, 0.15) is 12.0 Å². The van der Waals surface area contributed by atoms with Gasteiger partial charge in [-0.15, -0.1) is 0 Å². The SMILES string of the molecule is O=C(CNc1ncc([N+](=O)[O-])cc1Br)NC1CC1. The van der Waals surface area contributed by atoms with Gasteiger partial charge in [0, 0.05) is 12.1 Å². The van der Waals surface area contributed by atoms with Crippen LogP contribution >= 0.6 is 15.9 Å². The fraction of sp³-hybridized carbons (Fsp3) is 0.400. The summed E-state index contributed by atoms with van der Waals surface area (Å²) in [6, 6.07) is 1.65. The van der Waals surface area contributed by atoms with E-state index < -0.39 is 4.92 Å². The van der Waals surface area contributed by atoms with Crippen LogP contribution in [0.4, 0.5) is 11.5 Å². The summed E-state index contributed by atoms with van der Waals surface area (Å²) in [5.74, 6) is 0.302. The zero-order chi connectivity index (χ0) is 13.1. The first-order valence-electron chi connectivity index (χ1n) is 5.39. The average Bonchev–Trinajstić information content (AvgIpc) is 3.11. The van der Waals surface area contributed by atoms with E-state index in [1.807, 2.05) is 0 Å². The van der Waals surface area contributed by atoms with E-state index in [1.165, 1.54) is 6.07 Å². The molecule has 1 aromatic rings. The maximum absolute atomic E-state index is 11.4. The molecule has 1 fully saturated rings. The molecule has 0 unspecified atom stereocenters. The molecule has 2 N–H and O–H groups in total. The van der Waals surface area contributed by atoms with Gasteiger partial charge in [-0.2, -0.15) is 0 Å². The van der Waals surface area contributed by atoms with Crippen molar-refractivity contribution in [3.63, 3.8) is 0 Å². The zero-order valence-electron chi connectivity index (χ0n) is 9.35. The van der Waals surface area contributed by atoms with Crippen molar-refractivity contribution in [2.45, 2.75) is 18.9 Å². The minimum Gasteiger partial charge on any atom is -0.360 e. The molecule has 1 amide bonds. The first kappa shape index (κ1) is 12.7. The van der Waals surface area contributed by atoms with Crippen molar-refractivity contribution in [2.24, 2.45) is 0 Å². The Balaban J connectivity index is 1.92. The normalized spacial score (nSPS) is 14.1. The Morgan fingerprint density at radius 3 is 2.89 bits per heavy atom. The molecule has 8 heteroatoms. The first-order valence-corrected chi connectivity index (χ1v) is 6.18. The van der Waals surface area contributed by atoms with E-state index in [1.54, 1.807) is 0 Å². The minimum absolute atomic E-state index is 0.0971. The molecule has 0 saturated heterocycles. The van der Waals surface area contributed by atoms with E-state index >= 15 is 0 Å². The second-order valence-corrected chi connectivity index (χ2v) is 4.83. The van der Waals surface area contributed by atoms with E-state index in [2.05, 4.69) is 31.5 Å². The number of carbonyl (C=O) groups is 1. The van der Waals surface area contributed by atoms with E-state index in [-0.39, 0.29) is 18.1 Å². The van der Waals surface area contributed by atoms with Gasteiger partial charge in [0.15, 0.2) is 0 Å². The summed E-state index contributed by atoms with van der Waals surface area (Å²) in [5, 5.41) is 16.2. The molecule has 1 aliphatic rings. The summed E-state index contributed by atoms with van der Waals surface area (Å²) in [7, 11) is 0. The highest BCUT2D eigenvalue weighted by Gasteiger charge is 2.23. The Bertz CT molecular complexity index is 490. The molecule has 0 aromatic carbocycles. The summed E-state index contributed by atoms with van der Waals surface area (Å²) in [6.07, 6.45) is 3.21. The second kappa shape index (κ2) is 5.30. The summed E-state index contributed by atoms with van der Waals surface area (Å²) in [6.45, 7) is 0.0971. The minimum atomic E-state index is -0.526. The Hall–Kier alpha value is -1.70. The summed E-state index contributed by atoms with van der Waals surface area (Å²) in [5.41, 5.74) is -0.102. The van der Waals surface area contributed by atoms with Gasteiger partial charge in [0.2, 0.25) is 5.91 Å². The standard InChI is InChI=1S/C10H11BrN4O3/c11-8-3-7(15(17)18)4-12-10(8)13-5-9(16)14-6-1-2-6/h3-4,6H,1-2,5H2,(H,12,13)(H,14,16). The lowest BCUT2D eigenvalue weighted by Gasteiger charge is -2.07. The monoisotopic (exact) mass is 314 g/mol. The van der Waals surface area contributed by atoms with Crippen LogP contribution in [0.5, 0.6) is 0 Å². The Morgan fingerprint density at radius 1 is 1.61 bits per heavy atom. The fourth-order valence-corrected chi connectivity index (χ4v) is 1.81.